The van der Waals surface area contributed by atoms with Crippen molar-refractivity contribution in [3.63, 3.8) is 0 Å². The van der Waals surface area contributed by atoms with Gasteiger partial charge in [0.25, 0.3) is 0 Å². The second kappa shape index (κ2) is 19.9. The molecule has 0 spiro atoms. The normalized spacial score (nSPS) is 10.9. The van der Waals surface area contributed by atoms with Crippen LogP contribution in [0.15, 0.2) is 91.0 Å². The third-order valence-corrected chi connectivity index (χ3v) is 8.87. The number of quaternary nitrogens is 1. The van der Waals surface area contributed by atoms with Crippen molar-refractivity contribution in [3.8, 4) is 34.1 Å². The van der Waals surface area contributed by atoms with Gasteiger partial charge in [0, 0.05) is 48.3 Å². The zero-order valence-electron chi connectivity index (χ0n) is 31.0. The minimum atomic E-state index is -0.536. The molecule has 0 amide bonds. The zero-order chi connectivity index (χ0) is 37.5. The number of nitrogens with two attached hydrogens (primary N) is 1. The molecule has 5 rings (SSSR count). The number of benzene rings is 4. The van der Waals surface area contributed by atoms with Crippen LogP contribution in [0.4, 0.5) is 10.7 Å². The fraction of sp³-hybridized carbons (Fsp3) is 0.233. The molecule has 0 aliphatic rings. The van der Waals surface area contributed by atoms with Crippen LogP contribution >= 0.6 is 11.3 Å². The average Bonchev–Trinajstić information content (AvgIpc) is 3.65. The molecule has 0 saturated heterocycles. The topological polar surface area (TPSA) is 94.1 Å². The zero-order valence-corrected chi connectivity index (χ0v) is 31.8. The van der Waals surface area contributed by atoms with Crippen molar-refractivity contribution in [2.45, 2.75) is 33.6 Å². The van der Waals surface area contributed by atoms with E-state index in [0.717, 1.165) is 56.0 Å². The molecular weight excluding hydrogens is 673 g/mol. The summed E-state index contributed by atoms with van der Waals surface area (Å²) in [6.07, 6.45) is 10.2. The highest BCUT2D eigenvalue weighted by molar-refractivity contribution is 7.16. The molecule has 272 valence electrons. The van der Waals surface area contributed by atoms with E-state index in [2.05, 4.69) is 37.8 Å². The van der Waals surface area contributed by atoms with Crippen LogP contribution in [0.5, 0.6) is 23.0 Å². The number of ether oxygens (including phenoxy) is 4. The fourth-order valence-electron chi connectivity index (χ4n) is 5.02. The van der Waals surface area contributed by atoms with Gasteiger partial charge >= 0.3 is 5.97 Å². The molecule has 1 heterocycles. The van der Waals surface area contributed by atoms with E-state index < -0.39 is 5.97 Å². The quantitative estimate of drug-likeness (QED) is 0.0388. The van der Waals surface area contributed by atoms with Crippen LogP contribution in [-0.4, -0.2) is 46.1 Å². The summed E-state index contributed by atoms with van der Waals surface area (Å²) in [5.74, 6) is 1.52. The number of thiophene rings is 1. The lowest BCUT2D eigenvalue weighted by atomic mass is 10.0. The lowest BCUT2D eigenvalue weighted by Gasteiger charge is -2.15. The smallest absolute Gasteiger partial charge is 0.347 e. The van der Waals surface area contributed by atoms with E-state index in [1.807, 2.05) is 99.1 Å². The molecular formula is C43H49N2O6S+. The number of hydrogen-bond acceptors (Lipinski definition) is 8. The molecule has 0 unspecified atom stereocenters. The van der Waals surface area contributed by atoms with Crippen molar-refractivity contribution in [2.75, 3.05) is 39.8 Å². The molecule has 3 N–H and O–H groups in total. The van der Waals surface area contributed by atoms with Crippen molar-refractivity contribution in [1.82, 2.24) is 0 Å². The van der Waals surface area contributed by atoms with Crippen LogP contribution in [-0.2, 0) is 0 Å². The Hall–Kier alpha value is -5.35. The van der Waals surface area contributed by atoms with Crippen LogP contribution in [0, 0.1) is 0 Å². The molecule has 52 heavy (non-hydrogen) atoms. The predicted molar refractivity (Wildman–Crippen MR) is 214 cm³/mol. The van der Waals surface area contributed by atoms with E-state index in [9.17, 15) is 10.0 Å². The summed E-state index contributed by atoms with van der Waals surface area (Å²) in [6, 6.07) is 28.5. The molecule has 0 saturated carbocycles. The van der Waals surface area contributed by atoms with Gasteiger partial charge in [-0.15, -0.1) is 11.3 Å². The highest BCUT2D eigenvalue weighted by atomic mass is 32.1. The monoisotopic (exact) mass is 721 g/mol. The van der Waals surface area contributed by atoms with E-state index in [0.29, 0.717) is 29.4 Å². The number of carbonyl (C=O) groups is 1. The van der Waals surface area contributed by atoms with Crippen molar-refractivity contribution >= 4 is 52.3 Å². The highest BCUT2D eigenvalue weighted by Crippen LogP contribution is 2.37. The van der Waals surface area contributed by atoms with Gasteiger partial charge in [-0.25, -0.2) is 10.0 Å². The van der Waals surface area contributed by atoms with Gasteiger partial charge in [0.15, 0.2) is 5.69 Å². The molecule has 9 heteroatoms. The standard InChI is InChI=1S/C40H40N2O6S.C3H8/c1-6-23-47-36-25-30(14-13-29(36)12-7-27-8-15-31(41-44)16-9-27)34-21-17-32(26-38(34)46-5)48-40(43)35-20-11-28(24-37(35)45-4)10-18-33-19-22-39(49-33)42(2)3;1-3-2/h7-22,24-26,41,44H,6,23H2,1-5H3;3H2,1-2H3/p+1/b12-7+,18-10+;. The van der Waals surface area contributed by atoms with E-state index in [1.54, 1.807) is 36.6 Å². The number of hydrogen-bond donors (Lipinski definition) is 2. The van der Waals surface area contributed by atoms with Gasteiger partial charge in [-0.05, 0) is 83.8 Å². The molecule has 8 nitrogen and oxygen atoms in total. The Bertz CT molecular complexity index is 1960. The summed E-state index contributed by atoms with van der Waals surface area (Å²) in [7, 11) is 7.16. The average molecular weight is 722 g/mol. The third-order valence-electron chi connectivity index (χ3n) is 7.65. The van der Waals surface area contributed by atoms with Crippen LogP contribution in [0.25, 0.3) is 35.4 Å². The Morgan fingerprint density at radius 2 is 1.48 bits per heavy atom. The fourth-order valence-corrected chi connectivity index (χ4v) is 5.85. The van der Waals surface area contributed by atoms with E-state index in [-0.39, 0.29) is 0 Å². The van der Waals surface area contributed by atoms with Gasteiger partial charge < -0.3 is 23.8 Å². The Morgan fingerprint density at radius 1 is 0.769 bits per heavy atom. The maximum atomic E-state index is 13.3. The molecule has 0 radical (unpaired) electrons. The number of rotatable bonds is 14. The van der Waals surface area contributed by atoms with Crippen LogP contribution in [0.2, 0.25) is 0 Å². The van der Waals surface area contributed by atoms with Crippen LogP contribution in [0.3, 0.4) is 0 Å². The SMILES string of the molecule is CCC.CCCOc1cc(-c2ccc(OC(=O)c3ccc(/C=C/c4ccc(N(C)C)s4)cc3OC)cc2OC)ccc1/C=C/c1ccc([NH2+]O)cc1. The van der Waals surface area contributed by atoms with Crippen LogP contribution < -0.4 is 29.3 Å². The highest BCUT2D eigenvalue weighted by Gasteiger charge is 2.17. The Kier molecular flexibility index (Phi) is 15.1. The Labute approximate surface area is 311 Å². The maximum Gasteiger partial charge on any atom is 0.347 e. The first-order valence-corrected chi connectivity index (χ1v) is 18.1. The molecule has 1 aromatic heterocycles. The molecule has 0 aliphatic heterocycles. The van der Waals surface area contributed by atoms with Gasteiger partial charge in [0.1, 0.15) is 28.6 Å². The summed E-state index contributed by atoms with van der Waals surface area (Å²) in [6.45, 7) is 6.89. The van der Waals surface area contributed by atoms with E-state index in [1.165, 1.54) is 18.5 Å². The molecule has 0 bridgehead atoms. The van der Waals surface area contributed by atoms with Crippen molar-refractivity contribution in [1.29, 1.82) is 0 Å². The minimum Gasteiger partial charge on any atom is -0.496 e. The van der Waals surface area contributed by atoms with E-state index >= 15 is 0 Å². The first-order chi connectivity index (χ1) is 25.2. The van der Waals surface area contributed by atoms with Gasteiger partial charge in [-0.3, -0.25) is 0 Å². The van der Waals surface area contributed by atoms with E-state index in [4.69, 9.17) is 18.9 Å². The molecule has 4 aromatic carbocycles. The van der Waals surface area contributed by atoms with Crippen molar-refractivity contribution < 1.29 is 34.4 Å². The van der Waals surface area contributed by atoms with Gasteiger partial charge in [0.05, 0.1) is 25.8 Å². The number of carbonyl (C=O) groups excluding carboxylic acids is 1. The number of methoxy groups -OCH3 is 2. The summed E-state index contributed by atoms with van der Waals surface area (Å²) >= 11 is 1.70. The minimum absolute atomic E-state index is 0.317. The van der Waals surface area contributed by atoms with Gasteiger partial charge in [0.2, 0.25) is 0 Å². The van der Waals surface area contributed by atoms with Crippen molar-refractivity contribution in [2.24, 2.45) is 0 Å². The van der Waals surface area contributed by atoms with Crippen LogP contribution in [0.1, 0.15) is 65.5 Å². The third kappa shape index (κ3) is 10.8. The Balaban J connectivity index is 0.00000195. The molecule has 5 aromatic rings. The molecule has 0 fully saturated rings. The molecule has 0 atom stereocenters. The Morgan fingerprint density at radius 3 is 2.13 bits per heavy atom. The number of esters is 1. The summed E-state index contributed by atoms with van der Waals surface area (Å²) in [5, 5.41) is 10.4. The molecule has 0 aliphatic carbocycles. The number of anilines is 1. The first kappa shape index (κ1) is 39.4. The first-order valence-electron chi connectivity index (χ1n) is 17.3. The number of nitrogens with zero attached hydrogens (tertiary/aromatic N) is 1. The van der Waals surface area contributed by atoms with Gasteiger partial charge in [-0.1, -0.05) is 63.6 Å². The maximum absolute atomic E-state index is 13.3. The van der Waals surface area contributed by atoms with Gasteiger partial charge in [-0.2, -0.15) is 5.48 Å². The van der Waals surface area contributed by atoms with Crippen molar-refractivity contribution in [3.05, 3.63) is 118 Å². The summed E-state index contributed by atoms with van der Waals surface area (Å²) in [5.41, 5.74) is 6.70. The summed E-state index contributed by atoms with van der Waals surface area (Å²) in [4.78, 5) is 16.5. The lowest BCUT2D eigenvalue weighted by Crippen LogP contribution is -2.73. The predicted octanol–water partition coefficient (Wildman–Crippen LogP) is 9.85. The largest absolute Gasteiger partial charge is 0.496 e. The summed E-state index contributed by atoms with van der Waals surface area (Å²) < 4.78 is 23.2. The second-order valence-corrected chi connectivity index (χ2v) is 13.1. The lowest BCUT2D eigenvalue weighted by molar-refractivity contribution is -0.825. The second-order valence-electron chi connectivity index (χ2n) is 12.1.